The van der Waals surface area contributed by atoms with Crippen LogP contribution < -0.4 is 9.47 Å². The van der Waals surface area contributed by atoms with E-state index >= 15 is 0 Å². The summed E-state index contributed by atoms with van der Waals surface area (Å²) in [6, 6.07) is 5.67. The van der Waals surface area contributed by atoms with Gasteiger partial charge in [-0.3, -0.25) is 4.79 Å². The Kier molecular flexibility index (Phi) is 4.55. The van der Waals surface area contributed by atoms with Gasteiger partial charge in [0, 0.05) is 17.2 Å². The molecule has 0 spiro atoms. The zero-order valence-electron chi connectivity index (χ0n) is 16.5. The Hall–Kier alpha value is -2.36. The van der Waals surface area contributed by atoms with Crippen LogP contribution in [0.5, 0.6) is 11.5 Å². The lowest BCUT2D eigenvalue weighted by Crippen LogP contribution is -2.29. The molecule has 4 heteroatoms. The minimum Gasteiger partial charge on any atom is -0.486 e. The highest BCUT2D eigenvalue weighted by atomic mass is 16.6. The van der Waals surface area contributed by atoms with Crippen molar-refractivity contribution < 1.29 is 14.3 Å². The second-order valence-electron chi connectivity index (χ2n) is 8.81. The molecule has 1 aromatic rings. The molecule has 0 unspecified atom stereocenters. The zero-order chi connectivity index (χ0) is 19.1. The maximum Gasteiger partial charge on any atom is 0.186 e. The van der Waals surface area contributed by atoms with Crippen LogP contribution in [0, 0.1) is 10.8 Å². The Morgan fingerprint density at radius 1 is 0.846 bits per heavy atom. The van der Waals surface area contributed by atoms with Crippen molar-refractivity contribution in [3.8, 4) is 11.5 Å². The van der Waals surface area contributed by atoms with Gasteiger partial charge in [0.2, 0.25) is 0 Å². The first-order chi connectivity index (χ1) is 12.1. The van der Waals surface area contributed by atoms with Gasteiger partial charge in [-0.2, -0.15) is 0 Å². The standard InChI is InChI=1S/C22H27NO3/c1-21(2,3)16-11-15(12-17(20(16)24)22(4,5)6)23-14-7-8-18-19(13-14)26-10-9-25-18/h7-8,11-13H,9-10H2,1-6H3. The molecular weight excluding hydrogens is 326 g/mol. The lowest BCUT2D eigenvalue weighted by molar-refractivity contribution is -0.114. The number of hydrogen-bond acceptors (Lipinski definition) is 4. The molecule has 1 heterocycles. The van der Waals surface area contributed by atoms with Gasteiger partial charge in [-0.1, -0.05) is 41.5 Å². The van der Waals surface area contributed by atoms with E-state index < -0.39 is 0 Å². The molecule has 4 nitrogen and oxygen atoms in total. The van der Waals surface area contributed by atoms with E-state index in [1.165, 1.54) is 0 Å². The maximum atomic E-state index is 13.0. The third-order valence-corrected chi connectivity index (χ3v) is 4.47. The average molecular weight is 353 g/mol. The molecule has 1 aliphatic heterocycles. The van der Waals surface area contributed by atoms with Crippen molar-refractivity contribution in [3.05, 3.63) is 41.5 Å². The first kappa shape index (κ1) is 18.4. The number of Topliss-reactive ketones (excluding diaryl/α,β-unsaturated/α-hetero) is 1. The van der Waals surface area contributed by atoms with Crippen LogP contribution in [0.25, 0.3) is 0 Å². The fourth-order valence-electron chi connectivity index (χ4n) is 3.04. The Bertz CT molecular complexity index is 794. The summed E-state index contributed by atoms with van der Waals surface area (Å²) in [5.41, 5.74) is 2.68. The number of rotatable bonds is 1. The van der Waals surface area contributed by atoms with E-state index in [-0.39, 0.29) is 16.6 Å². The minimum absolute atomic E-state index is 0.117. The third-order valence-electron chi connectivity index (χ3n) is 4.47. The van der Waals surface area contributed by atoms with Crippen molar-refractivity contribution in [2.75, 3.05) is 13.2 Å². The summed E-state index contributed by atoms with van der Waals surface area (Å²) in [5, 5.41) is 0. The smallest absolute Gasteiger partial charge is 0.186 e. The van der Waals surface area contributed by atoms with E-state index in [1.807, 2.05) is 30.4 Å². The molecule has 3 rings (SSSR count). The van der Waals surface area contributed by atoms with E-state index in [9.17, 15) is 4.79 Å². The molecule has 0 atom stereocenters. The molecule has 1 aromatic carbocycles. The van der Waals surface area contributed by atoms with Crippen LogP contribution in [-0.2, 0) is 4.79 Å². The van der Waals surface area contributed by atoms with E-state index in [4.69, 9.17) is 14.5 Å². The topological polar surface area (TPSA) is 47.9 Å². The molecular formula is C22H27NO3. The van der Waals surface area contributed by atoms with E-state index in [1.54, 1.807) is 0 Å². The highest BCUT2D eigenvalue weighted by Crippen LogP contribution is 2.38. The third kappa shape index (κ3) is 3.74. The molecule has 0 amide bonds. The number of carbonyl (C=O) groups excluding carboxylic acids is 1. The van der Waals surface area contributed by atoms with Gasteiger partial charge >= 0.3 is 0 Å². The van der Waals surface area contributed by atoms with Crippen molar-refractivity contribution in [1.82, 2.24) is 0 Å². The highest BCUT2D eigenvalue weighted by Gasteiger charge is 2.34. The van der Waals surface area contributed by atoms with Crippen LogP contribution in [0.3, 0.4) is 0 Å². The normalized spacial score (nSPS) is 17.6. The van der Waals surface area contributed by atoms with E-state index in [0.717, 1.165) is 28.3 Å². The van der Waals surface area contributed by atoms with Crippen LogP contribution >= 0.6 is 0 Å². The molecule has 138 valence electrons. The Morgan fingerprint density at radius 3 is 1.92 bits per heavy atom. The monoisotopic (exact) mass is 353 g/mol. The maximum absolute atomic E-state index is 13.0. The predicted molar refractivity (Wildman–Crippen MR) is 105 cm³/mol. The molecule has 0 N–H and O–H groups in total. The number of allylic oxidation sites excluding steroid dienone is 4. The molecule has 2 aliphatic rings. The Balaban J connectivity index is 2.06. The first-order valence-corrected chi connectivity index (χ1v) is 9.03. The number of carbonyl (C=O) groups is 1. The Labute approximate surface area is 155 Å². The van der Waals surface area contributed by atoms with Gasteiger partial charge in [-0.15, -0.1) is 0 Å². The zero-order valence-corrected chi connectivity index (χ0v) is 16.5. The van der Waals surface area contributed by atoms with Gasteiger partial charge in [-0.05, 0) is 35.1 Å². The summed E-state index contributed by atoms with van der Waals surface area (Å²) in [6.07, 6.45) is 3.82. The van der Waals surface area contributed by atoms with Gasteiger partial charge in [0.25, 0.3) is 0 Å². The van der Waals surface area contributed by atoms with Gasteiger partial charge in [-0.25, -0.2) is 4.99 Å². The average Bonchev–Trinajstić information content (AvgIpc) is 2.54. The highest BCUT2D eigenvalue weighted by molar-refractivity contribution is 6.23. The summed E-state index contributed by atoms with van der Waals surface area (Å²) < 4.78 is 11.2. The summed E-state index contributed by atoms with van der Waals surface area (Å²) in [5.74, 6) is 1.58. The first-order valence-electron chi connectivity index (χ1n) is 9.03. The van der Waals surface area contributed by atoms with Crippen LogP contribution in [-0.4, -0.2) is 24.7 Å². The largest absolute Gasteiger partial charge is 0.486 e. The second-order valence-corrected chi connectivity index (χ2v) is 8.81. The fraction of sp³-hybridized carbons (Fsp3) is 0.455. The number of benzene rings is 1. The quantitative estimate of drug-likeness (QED) is 0.663. The molecule has 0 saturated carbocycles. The lowest BCUT2D eigenvalue weighted by atomic mass is 9.72. The van der Waals surface area contributed by atoms with Crippen molar-refractivity contribution in [1.29, 1.82) is 0 Å². The molecule has 0 saturated heterocycles. The molecule has 0 fully saturated rings. The summed E-state index contributed by atoms with van der Waals surface area (Å²) in [6.45, 7) is 13.5. The van der Waals surface area contributed by atoms with Crippen molar-refractivity contribution in [3.63, 3.8) is 0 Å². The van der Waals surface area contributed by atoms with Crippen LogP contribution in [0.1, 0.15) is 41.5 Å². The van der Waals surface area contributed by atoms with Gasteiger partial charge in [0.15, 0.2) is 17.3 Å². The summed E-state index contributed by atoms with van der Waals surface area (Å²) >= 11 is 0. The van der Waals surface area contributed by atoms with Crippen molar-refractivity contribution >= 4 is 17.2 Å². The van der Waals surface area contributed by atoms with E-state index in [0.29, 0.717) is 19.0 Å². The SMILES string of the molecule is CC(C)(C)C1=CC(=Nc2ccc3c(c2)OCCO3)C=C(C(C)(C)C)C1=O. The lowest BCUT2D eigenvalue weighted by Gasteiger charge is -2.31. The molecule has 0 aromatic heterocycles. The van der Waals surface area contributed by atoms with Gasteiger partial charge in [0.05, 0.1) is 11.4 Å². The van der Waals surface area contributed by atoms with Crippen molar-refractivity contribution in [2.24, 2.45) is 15.8 Å². The molecule has 0 radical (unpaired) electrons. The summed E-state index contributed by atoms with van der Waals surface area (Å²) in [7, 11) is 0. The number of nitrogens with zero attached hydrogens (tertiary/aromatic N) is 1. The molecule has 1 aliphatic carbocycles. The second kappa shape index (κ2) is 6.42. The summed E-state index contributed by atoms with van der Waals surface area (Å²) in [4.78, 5) is 17.7. The predicted octanol–water partition coefficient (Wildman–Crippen LogP) is 5.06. The number of ketones is 1. The van der Waals surface area contributed by atoms with Gasteiger partial charge in [0.1, 0.15) is 13.2 Å². The van der Waals surface area contributed by atoms with Crippen LogP contribution in [0.4, 0.5) is 5.69 Å². The van der Waals surface area contributed by atoms with Crippen LogP contribution in [0.2, 0.25) is 0 Å². The fourth-order valence-corrected chi connectivity index (χ4v) is 3.04. The van der Waals surface area contributed by atoms with Crippen molar-refractivity contribution in [2.45, 2.75) is 41.5 Å². The number of fused-ring (bicyclic) bond motifs is 1. The van der Waals surface area contributed by atoms with Gasteiger partial charge < -0.3 is 9.47 Å². The van der Waals surface area contributed by atoms with Crippen LogP contribution in [0.15, 0.2) is 46.5 Å². The minimum atomic E-state index is -0.241. The number of ether oxygens (including phenoxy) is 2. The molecule has 26 heavy (non-hydrogen) atoms. The Morgan fingerprint density at radius 2 is 1.38 bits per heavy atom. The van der Waals surface area contributed by atoms with E-state index in [2.05, 4.69) is 41.5 Å². The number of aliphatic imine (C=N–C) groups is 1. The number of hydrogen-bond donors (Lipinski definition) is 0. The molecule has 0 bridgehead atoms.